The summed E-state index contributed by atoms with van der Waals surface area (Å²) in [6, 6.07) is 11.5. The molecule has 2 heterocycles. The third-order valence-corrected chi connectivity index (χ3v) is 4.90. The van der Waals surface area contributed by atoms with E-state index in [9.17, 15) is 4.79 Å². The maximum Gasteiger partial charge on any atom is 0.317 e. The zero-order chi connectivity index (χ0) is 17.2. The third-order valence-electron chi connectivity index (χ3n) is 4.55. The van der Waals surface area contributed by atoms with Gasteiger partial charge in [-0.3, -0.25) is 0 Å². The first-order chi connectivity index (χ1) is 12.2. The largest absolute Gasteiger partial charge is 0.486 e. The molecule has 5 nitrogen and oxygen atoms in total. The van der Waals surface area contributed by atoms with E-state index < -0.39 is 0 Å². The average Bonchev–Trinajstić information content (AvgIpc) is 2.66. The van der Waals surface area contributed by atoms with Crippen LogP contribution in [0.15, 0.2) is 36.4 Å². The van der Waals surface area contributed by atoms with Crippen molar-refractivity contribution in [3.05, 3.63) is 58.1 Å². The molecule has 2 aliphatic heterocycles. The average molecular weight is 359 g/mol. The highest BCUT2D eigenvalue weighted by Gasteiger charge is 2.22. The molecule has 2 aliphatic rings. The summed E-state index contributed by atoms with van der Waals surface area (Å²) in [6.45, 7) is 2.84. The van der Waals surface area contributed by atoms with Crippen molar-refractivity contribution in [2.24, 2.45) is 0 Å². The lowest BCUT2D eigenvalue weighted by Gasteiger charge is -2.29. The number of carbonyl (C=O) groups excluding carboxylic acids is 1. The van der Waals surface area contributed by atoms with Crippen molar-refractivity contribution in [3.8, 4) is 11.5 Å². The van der Waals surface area contributed by atoms with Crippen molar-refractivity contribution in [1.82, 2.24) is 10.2 Å². The molecule has 0 aliphatic carbocycles. The smallest absolute Gasteiger partial charge is 0.317 e. The number of nitrogens with one attached hydrogen (secondary N) is 1. The summed E-state index contributed by atoms with van der Waals surface area (Å²) in [5, 5.41) is 3.76. The number of halogens is 1. The van der Waals surface area contributed by atoms with E-state index in [0.717, 1.165) is 39.6 Å². The van der Waals surface area contributed by atoms with E-state index in [4.69, 9.17) is 21.1 Å². The van der Waals surface area contributed by atoms with Gasteiger partial charge in [0.05, 0.1) is 0 Å². The summed E-state index contributed by atoms with van der Waals surface area (Å²) in [5.74, 6) is 1.49. The fourth-order valence-corrected chi connectivity index (χ4v) is 3.51. The summed E-state index contributed by atoms with van der Waals surface area (Å²) in [6.07, 6.45) is 0.784. The molecule has 0 spiro atoms. The van der Waals surface area contributed by atoms with Crippen LogP contribution >= 0.6 is 11.6 Å². The van der Waals surface area contributed by atoms with Crippen LogP contribution in [0.4, 0.5) is 4.79 Å². The van der Waals surface area contributed by atoms with Crippen LogP contribution < -0.4 is 14.8 Å². The Kier molecular flexibility index (Phi) is 4.40. The fraction of sp³-hybridized carbons (Fsp3) is 0.316. The molecule has 2 aromatic rings. The van der Waals surface area contributed by atoms with E-state index in [0.29, 0.717) is 32.8 Å². The Hall–Kier alpha value is -2.40. The van der Waals surface area contributed by atoms with E-state index in [-0.39, 0.29) is 6.03 Å². The van der Waals surface area contributed by atoms with Crippen LogP contribution in [-0.4, -0.2) is 30.7 Å². The highest BCUT2D eigenvalue weighted by atomic mass is 35.5. The Morgan fingerprint density at radius 1 is 1.16 bits per heavy atom. The summed E-state index contributed by atoms with van der Waals surface area (Å²) in [5.41, 5.74) is 3.26. The molecule has 1 N–H and O–H groups in total. The Balaban J connectivity index is 1.38. The van der Waals surface area contributed by atoms with E-state index >= 15 is 0 Å². The second kappa shape index (κ2) is 6.84. The van der Waals surface area contributed by atoms with Gasteiger partial charge in [0, 0.05) is 24.7 Å². The molecule has 0 bridgehead atoms. The second-order valence-corrected chi connectivity index (χ2v) is 6.59. The molecule has 0 fully saturated rings. The van der Waals surface area contributed by atoms with E-state index in [1.807, 2.05) is 41.3 Å². The zero-order valence-electron chi connectivity index (χ0n) is 13.8. The van der Waals surface area contributed by atoms with Crippen molar-refractivity contribution < 1.29 is 14.3 Å². The van der Waals surface area contributed by atoms with Crippen LogP contribution in [0.3, 0.4) is 0 Å². The molecule has 0 atom stereocenters. The fourth-order valence-electron chi connectivity index (χ4n) is 3.22. The van der Waals surface area contributed by atoms with Crippen molar-refractivity contribution in [2.45, 2.75) is 19.5 Å². The Morgan fingerprint density at radius 3 is 2.88 bits per heavy atom. The predicted molar refractivity (Wildman–Crippen MR) is 95.2 cm³/mol. The number of urea groups is 1. The highest BCUT2D eigenvalue weighted by Crippen LogP contribution is 2.30. The van der Waals surface area contributed by atoms with Crippen LogP contribution in [0.5, 0.6) is 11.5 Å². The second-order valence-electron chi connectivity index (χ2n) is 6.19. The van der Waals surface area contributed by atoms with Crippen LogP contribution in [-0.2, 0) is 19.5 Å². The van der Waals surface area contributed by atoms with Crippen LogP contribution in [0, 0.1) is 0 Å². The van der Waals surface area contributed by atoms with Gasteiger partial charge in [-0.1, -0.05) is 29.8 Å². The number of fused-ring (bicyclic) bond motifs is 2. The van der Waals surface area contributed by atoms with Gasteiger partial charge in [-0.2, -0.15) is 0 Å². The summed E-state index contributed by atoms with van der Waals surface area (Å²) in [4.78, 5) is 14.3. The third kappa shape index (κ3) is 3.37. The Morgan fingerprint density at radius 2 is 2.00 bits per heavy atom. The van der Waals surface area contributed by atoms with Gasteiger partial charge in [-0.25, -0.2) is 4.79 Å². The van der Waals surface area contributed by atoms with Crippen molar-refractivity contribution in [3.63, 3.8) is 0 Å². The molecule has 25 heavy (non-hydrogen) atoms. The molecule has 0 unspecified atom stereocenters. The summed E-state index contributed by atoms with van der Waals surface area (Å²) >= 11 is 6.23. The van der Waals surface area contributed by atoms with E-state index in [1.165, 1.54) is 0 Å². The number of ether oxygens (including phenoxy) is 2. The van der Waals surface area contributed by atoms with E-state index in [1.54, 1.807) is 0 Å². The lowest BCUT2D eigenvalue weighted by atomic mass is 10.00. The number of hydrogen-bond donors (Lipinski definition) is 1. The molecule has 130 valence electrons. The monoisotopic (exact) mass is 358 g/mol. The number of benzene rings is 2. The van der Waals surface area contributed by atoms with Gasteiger partial charge in [-0.05, 0) is 41.3 Å². The van der Waals surface area contributed by atoms with E-state index in [2.05, 4.69) is 5.32 Å². The van der Waals surface area contributed by atoms with Gasteiger partial charge in [0.15, 0.2) is 11.5 Å². The normalized spacial score (nSPS) is 15.5. The summed E-state index contributed by atoms with van der Waals surface area (Å²) < 4.78 is 11.1. The number of rotatable bonds is 2. The van der Waals surface area contributed by atoms with Gasteiger partial charge >= 0.3 is 6.03 Å². The molecule has 4 rings (SSSR count). The molecule has 6 heteroatoms. The van der Waals surface area contributed by atoms with Gasteiger partial charge < -0.3 is 19.7 Å². The van der Waals surface area contributed by atoms with Gasteiger partial charge in [0.1, 0.15) is 13.2 Å². The molecule has 2 aromatic carbocycles. The molecule has 2 amide bonds. The van der Waals surface area contributed by atoms with Gasteiger partial charge in [0.25, 0.3) is 0 Å². The maximum atomic E-state index is 12.5. The van der Waals surface area contributed by atoms with Gasteiger partial charge in [-0.15, -0.1) is 0 Å². The first-order valence-corrected chi connectivity index (χ1v) is 8.76. The van der Waals surface area contributed by atoms with Crippen LogP contribution in [0.1, 0.15) is 16.7 Å². The number of nitrogens with zero attached hydrogens (tertiary/aromatic N) is 1. The van der Waals surface area contributed by atoms with Gasteiger partial charge in [0.2, 0.25) is 0 Å². The maximum absolute atomic E-state index is 12.5. The number of carbonyl (C=O) groups is 1. The highest BCUT2D eigenvalue weighted by molar-refractivity contribution is 6.31. The first kappa shape index (κ1) is 16.1. The lowest BCUT2D eigenvalue weighted by Crippen LogP contribution is -2.42. The zero-order valence-corrected chi connectivity index (χ0v) is 14.5. The molecule has 0 saturated heterocycles. The summed E-state index contributed by atoms with van der Waals surface area (Å²) in [7, 11) is 0. The quantitative estimate of drug-likeness (QED) is 0.895. The minimum atomic E-state index is -0.0690. The number of amides is 2. The molecular formula is C19H19ClN2O3. The minimum absolute atomic E-state index is 0.0690. The van der Waals surface area contributed by atoms with Crippen molar-refractivity contribution >= 4 is 17.6 Å². The SMILES string of the molecule is O=C(NCc1ccc2c(c1)OCCO2)N1CCc2c(Cl)cccc2C1. The Labute approximate surface area is 151 Å². The topological polar surface area (TPSA) is 50.8 Å². The minimum Gasteiger partial charge on any atom is -0.486 e. The molecule has 0 aromatic heterocycles. The van der Waals surface area contributed by atoms with Crippen molar-refractivity contribution in [2.75, 3.05) is 19.8 Å². The molecular weight excluding hydrogens is 340 g/mol. The molecule has 0 saturated carbocycles. The van der Waals surface area contributed by atoms with Crippen molar-refractivity contribution in [1.29, 1.82) is 0 Å². The predicted octanol–water partition coefficient (Wildman–Crippen LogP) is 3.38. The lowest BCUT2D eigenvalue weighted by molar-refractivity contribution is 0.171. The van der Waals surface area contributed by atoms with Crippen LogP contribution in [0.25, 0.3) is 0 Å². The molecule has 0 radical (unpaired) electrons. The standard InChI is InChI=1S/C19H19ClN2O3/c20-16-3-1-2-14-12-22(7-6-15(14)16)19(23)21-11-13-4-5-17-18(10-13)25-9-8-24-17/h1-5,10H,6-9,11-12H2,(H,21,23). The van der Waals surface area contributed by atoms with Crippen LogP contribution in [0.2, 0.25) is 5.02 Å². The Bertz CT molecular complexity index is 809. The first-order valence-electron chi connectivity index (χ1n) is 8.38. The number of hydrogen-bond acceptors (Lipinski definition) is 3.